The second-order valence-electron chi connectivity index (χ2n) is 6.06. The third-order valence-electron chi connectivity index (χ3n) is 4.15. The topological polar surface area (TPSA) is 88.8 Å². The van der Waals surface area contributed by atoms with Crippen LogP contribution in [0.1, 0.15) is 36.5 Å². The largest absolute Gasteiger partial charge is 0.398 e. The number of benzene rings is 1. The van der Waals surface area contributed by atoms with Crippen molar-refractivity contribution in [1.82, 2.24) is 4.98 Å². The second-order valence-corrected chi connectivity index (χ2v) is 6.87. The summed E-state index contributed by atoms with van der Waals surface area (Å²) >= 11 is 12.5. The van der Waals surface area contributed by atoms with Crippen LogP contribution in [0.4, 0.5) is 5.69 Å². The summed E-state index contributed by atoms with van der Waals surface area (Å²) in [5.41, 5.74) is 16.7. The van der Waals surface area contributed by atoms with Crippen molar-refractivity contribution in [3.63, 3.8) is 0 Å². The molecule has 1 aromatic carbocycles. The van der Waals surface area contributed by atoms with Gasteiger partial charge in [-0.05, 0) is 42.5 Å². The fraction of sp³-hybridized carbons (Fsp3) is 0.200. The summed E-state index contributed by atoms with van der Waals surface area (Å²) < 4.78 is 0. The Bertz CT molecular complexity index is 852. The number of hydrogen-bond donors (Lipinski definition) is 3. The molecule has 0 bridgehead atoms. The van der Waals surface area contributed by atoms with Gasteiger partial charge in [-0.2, -0.15) is 0 Å². The monoisotopic (exact) mass is 388 g/mol. The number of nitrogen functional groups attached to an aromatic ring is 1. The summed E-state index contributed by atoms with van der Waals surface area (Å²) in [5.74, 6) is 0.0948. The van der Waals surface area contributed by atoms with E-state index in [4.69, 9.17) is 40.1 Å². The Morgan fingerprint density at radius 2 is 1.92 bits per heavy atom. The van der Waals surface area contributed by atoms with E-state index in [2.05, 4.69) is 11.9 Å². The summed E-state index contributed by atoms with van der Waals surface area (Å²) in [4.78, 5) is 4.00. The van der Waals surface area contributed by atoms with Crippen LogP contribution in [0.2, 0.25) is 10.0 Å². The van der Waals surface area contributed by atoms with Crippen molar-refractivity contribution in [2.45, 2.75) is 26.2 Å². The molecule has 5 N–H and O–H groups in total. The van der Waals surface area contributed by atoms with Crippen molar-refractivity contribution in [2.24, 2.45) is 5.73 Å². The molecule has 4 nitrogen and oxygen atoms in total. The molecule has 0 spiro atoms. The van der Waals surface area contributed by atoms with Gasteiger partial charge in [0.2, 0.25) is 0 Å². The van der Waals surface area contributed by atoms with Crippen molar-refractivity contribution in [2.75, 3.05) is 5.73 Å². The highest BCUT2D eigenvalue weighted by Gasteiger charge is 2.16. The van der Waals surface area contributed by atoms with E-state index >= 15 is 0 Å². The second kappa shape index (κ2) is 8.88. The highest BCUT2D eigenvalue weighted by Crippen LogP contribution is 2.33. The van der Waals surface area contributed by atoms with Gasteiger partial charge in [-0.3, -0.25) is 4.98 Å². The summed E-state index contributed by atoms with van der Waals surface area (Å²) in [6, 6.07) is 5.75. The molecule has 1 aromatic heterocycles. The van der Waals surface area contributed by atoms with Gasteiger partial charge >= 0.3 is 0 Å². The Kier molecular flexibility index (Phi) is 6.83. The average molecular weight is 389 g/mol. The minimum Gasteiger partial charge on any atom is -0.398 e. The molecule has 1 atom stereocenters. The number of aromatic nitrogens is 1. The van der Waals surface area contributed by atoms with Crippen LogP contribution in [-0.2, 0) is 6.42 Å². The number of nitrogens with zero attached hydrogens (tertiary/aromatic N) is 1. The maximum absolute atomic E-state index is 7.55. The van der Waals surface area contributed by atoms with Gasteiger partial charge in [0.15, 0.2) is 0 Å². The molecule has 136 valence electrons. The lowest BCUT2D eigenvalue weighted by molar-refractivity contribution is 0.758. The third kappa shape index (κ3) is 4.45. The predicted molar refractivity (Wildman–Crippen MR) is 112 cm³/mol. The molecule has 0 amide bonds. The SMILES string of the molecule is C/C=C\C(C=N)=C(/N)c1cc(C[C@H](C)c2c(Cl)cncc2Cl)ccc1N. The number of pyridine rings is 1. The van der Waals surface area contributed by atoms with Crippen LogP contribution in [0.3, 0.4) is 0 Å². The lowest BCUT2D eigenvalue weighted by Gasteiger charge is -2.17. The number of hydrogen-bond acceptors (Lipinski definition) is 4. The van der Waals surface area contributed by atoms with Gasteiger partial charge in [-0.1, -0.05) is 48.3 Å². The summed E-state index contributed by atoms with van der Waals surface area (Å²) in [6.45, 7) is 3.94. The van der Waals surface area contributed by atoms with Crippen molar-refractivity contribution >= 4 is 40.8 Å². The van der Waals surface area contributed by atoms with Gasteiger partial charge in [0.25, 0.3) is 0 Å². The molecule has 0 saturated heterocycles. The number of nitrogens with two attached hydrogens (primary N) is 2. The molecule has 0 aliphatic heterocycles. The minimum absolute atomic E-state index is 0.0948. The molecule has 0 unspecified atom stereocenters. The van der Waals surface area contributed by atoms with E-state index in [9.17, 15) is 0 Å². The molecule has 0 radical (unpaired) electrons. The quantitative estimate of drug-likeness (QED) is 0.360. The first-order valence-corrected chi connectivity index (χ1v) is 8.95. The fourth-order valence-electron chi connectivity index (χ4n) is 2.86. The molecule has 0 fully saturated rings. The summed E-state index contributed by atoms with van der Waals surface area (Å²) in [7, 11) is 0. The van der Waals surface area contributed by atoms with E-state index in [0.717, 1.165) is 16.7 Å². The smallest absolute Gasteiger partial charge is 0.0639 e. The Hall–Kier alpha value is -2.30. The molecule has 0 saturated carbocycles. The van der Waals surface area contributed by atoms with Crippen molar-refractivity contribution in [3.8, 4) is 0 Å². The van der Waals surface area contributed by atoms with Crippen LogP contribution in [-0.4, -0.2) is 11.2 Å². The first-order valence-electron chi connectivity index (χ1n) is 8.19. The molecular weight excluding hydrogens is 367 g/mol. The summed E-state index contributed by atoms with van der Waals surface area (Å²) in [5, 5.41) is 8.66. The number of halogens is 2. The molecule has 0 aliphatic carbocycles. The van der Waals surface area contributed by atoms with Crippen molar-refractivity contribution < 1.29 is 0 Å². The van der Waals surface area contributed by atoms with Gasteiger partial charge in [-0.25, -0.2) is 0 Å². The van der Waals surface area contributed by atoms with E-state index in [1.54, 1.807) is 18.5 Å². The third-order valence-corrected chi connectivity index (χ3v) is 4.75. The Balaban J connectivity index is 2.40. The van der Waals surface area contributed by atoms with Gasteiger partial charge in [0.05, 0.1) is 10.0 Å². The van der Waals surface area contributed by atoms with Crippen molar-refractivity contribution in [3.05, 3.63) is 75.1 Å². The van der Waals surface area contributed by atoms with E-state index in [0.29, 0.717) is 33.4 Å². The van der Waals surface area contributed by atoms with E-state index in [1.165, 1.54) is 6.21 Å². The number of anilines is 1. The lowest BCUT2D eigenvalue weighted by Crippen LogP contribution is -2.07. The molecular formula is C20H22Cl2N4. The average Bonchev–Trinajstić information content (AvgIpc) is 2.60. The highest BCUT2D eigenvalue weighted by molar-refractivity contribution is 6.35. The first-order chi connectivity index (χ1) is 12.4. The molecule has 26 heavy (non-hydrogen) atoms. The normalized spacial score (nSPS) is 13.5. The maximum atomic E-state index is 7.55. The molecule has 2 rings (SSSR count). The number of nitrogens with one attached hydrogen (secondary N) is 1. The standard InChI is InChI=1S/C20H22Cl2N4/c1-3-4-14(9-23)20(25)15-8-13(5-6-18(15)24)7-12(2)19-16(21)10-26-11-17(19)22/h3-6,8-12,23H,7,24-25H2,1-2H3/b4-3-,20-14+,23-9?/t12-/m0/s1. The van der Waals surface area contributed by atoms with Gasteiger partial charge < -0.3 is 16.9 Å². The minimum atomic E-state index is 0.0948. The zero-order valence-electron chi connectivity index (χ0n) is 14.8. The predicted octanol–water partition coefficient (Wildman–Crippen LogP) is 5.21. The van der Waals surface area contributed by atoms with Crippen LogP contribution < -0.4 is 11.5 Å². The zero-order valence-corrected chi connectivity index (χ0v) is 16.3. The molecule has 6 heteroatoms. The number of allylic oxidation sites excluding steroid dienone is 3. The van der Waals surface area contributed by atoms with E-state index in [-0.39, 0.29) is 5.92 Å². The van der Waals surface area contributed by atoms with Crippen LogP contribution >= 0.6 is 23.2 Å². The molecule has 0 aliphatic rings. The summed E-state index contributed by atoms with van der Waals surface area (Å²) in [6.07, 6.45) is 8.76. The Morgan fingerprint density at radius 1 is 1.27 bits per heavy atom. The van der Waals surface area contributed by atoms with Crippen LogP contribution in [0.25, 0.3) is 5.70 Å². The fourth-order valence-corrected chi connectivity index (χ4v) is 3.60. The van der Waals surface area contributed by atoms with Gasteiger partial charge in [0.1, 0.15) is 0 Å². The Labute approximate surface area is 164 Å². The van der Waals surface area contributed by atoms with Gasteiger partial charge in [0, 0.05) is 41.1 Å². The zero-order chi connectivity index (χ0) is 19.3. The maximum Gasteiger partial charge on any atom is 0.0639 e. The Morgan fingerprint density at radius 3 is 2.50 bits per heavy atom. The van der Waals surface area contributed by atoms with E-state index in [1.807, 2.05) is 31.2 Å². The highest BCUT2D eigenvalue weighted by atomic mass is 35.5. The van der Waals surface area contributed by atoms with Crippen LogP contribution in [0.15, 0.2) is 48.3 Å². The first kappa shape index (κ1) is 20.0. The van der Waals surface area contributed by atoms with Crippen LogP contribution in [0, 0.1) is 5.41 Å². The molecule has 2 aromatic rings. The van der Waals surface area contributed by atoms with Crippen LogP contribution in [0.5, 0.6) is 0 Å². The van der Waals surface area contributed by atoms with Crippen molar-refractivity contribution in [1.29, 1.82) is 5.41 Å². The number of rotatable bonds is 6. The molecule has 1 heterocycles. The van der Waals surface area contributed by atoms with E-state index < -0.39 is 0 Å². The van der Waals surface area contributed by atoms with Gasteiger partial charge in [-0.15, -0.1) is 0 Å². The lowest BCUT2D eigenvalue weighted by atomic mass is 9.92.